The summed E-state index contributed by atoms with van der Waals surface area (Å²) >= 11 is 0. The highest BCUT2D eigenvalue weighted by atomic mass is 16.6. The molecule has 0 aliphatic carbocycles. The van der Waals surface area contributed by atoms with Gasteiger partial charge in [0.1, 0.15) is 5.60 Å². The summed E-state index contributed by atoms with van der Waals surface area (Å²) in [4.78, 5) is 16.1. The van der Waals surface area contributed by atoms with Crippen LogP contribution in [0.15, 0.2) is 29.3 Å². The minimum Gasteiger partial charge on any atom is -0.442 e. The molecule has 1 rings (SSSR count). The molecule has 130 valence electrons. The van der Waals surface area contributed by atoms with Crippen LogP contribution in [0.2, 0.25) is 0 Å². The van der Waals surface area contributed by atoms with E-state index in [4.69, 9.17) is 10.00 Å². The number of rotatable bonds is 6. The first-order valence-electron chi connectivity index (χ1n) is 8.21. The molecule has 0 bridgehead atoms. The largest absolute Gasteiger partial charge is 0.442 e. The summed E-state index contributed by atoms with van der Waals surface area (Å²) in [5.74, 6) is 0. The zero-order valence-electron chi connectivity index (χ0n) is 15.2. The second-order valence-electron chi connectivity index (χ2n) is 7.00. The molecule has 5 heteroatoms. The second kappa shape index (κ2) is 9.19. The standard InChI is InChI=1S/C19H27N3O2/c1-14(2)21-11-10-17(22-18(23)24-19(3,4)5)12-15-6-8-16(13-20)9-7-15/h6-9,14,21H,10-12H2,1-5H3. The number of carbonyl (C=O) groups is 1. The van der Waals surface area contributed by atoms with Crippen molar-refractivity contribution in [3.8, 4) is 6.07 Å². The first-order valence-corrected chi connectivity index (χ1v) is 8.21. The summed E-state index contributed by atoms with van der Waals surface area (Å²) in [7, 11) is 0. The molecular formula is C19H27N3O2. The molecule has 0 aliphatic heterocycles. The van der Waals surface area contributed by atoms with Crippen molar-refractivity contribution in [2.24, 2.45) is 4.99 Å². The topological polar surface area (TPSA) is 74.5 Å². The summed E-state index contributed by atoms with van der Waals surface area (Å²) < 4.78 is 5.28. The summed E-state index contributed by atoms with van der Waals surface area (Å²) in [6, 6.07) is 9.79. The fourth-order valence-corrected chi connectivity index (χ4v) is 2.04. The van der Waals surface area contributed by atoms with Crippen LogP contribution >= 0.6 is 0 Å². The van der Waals surface area contributed by atoms with Crippen molar-refractivity contribution < 1.29 is 9.53 Å². The van der Waals surface area contributed by atoms with Crippen molar-refractivity contribution in [3.05, 3.63) is 35.4 Å². The number of benzene rings is 1. The number of nitriles is 1. The Morgan fingerprint density at radius 2 is 1.92 bits per heavy atom. The van der Waals surface area contributed by atoms with Crippen LogP contribution in [0.25, 0.3) is 0 Å². The Morgan fingerprint density at radius 3 is 2.42 bits per heavy atom. The Kier molecular flexibility index (Phi) is 7.60. The van der Waals surface area contributed by atoms with E-state index >= 15 is 0 Å². The molecule has 0 heterocycles. The molecule has 0 unspecified atom stereocenters. The average molecular weight is 329 g/mol. The van der Waals surface area contributed by atoms with Crippen LogP contribution in [-0.4, -0.2) is 30.0 Å². The van der Waals surface area contributed by atoms with E-state index < -0.39 is 11.7 Å². The monoisotopic (exact) mass is 329 g/mol. The lowest BCUT2D eigenvalue weighted by atomic mass is 10.0. The summed E-state index contributed by atoms with van der Waals surface area (Å²) in [5, 5.41) is 12.2. The third-order valence-electron chi connectivity index (χ3n) is 3.10. The van der Waals surface area contributed by atoms with E-state index in [-0.39, 0.29) is 0 Å². The van der Waals surface area contributed by atoms with Crippen molar-refractivity contribution in [2.75, 3.05) is 6.54 Å². The quantitative estimate of drug-likeness (QED) is 0.804. The minimum atomic E-state index is -0.560. The van der Waals surface area contributed by atoms with Gasteiger partial charge in [-0.2, -0.15) is 10.3 Å². The van der Waals surface area contributed by atoms with E-state index in [1.165, 1.54) is 0 Å². The van der Waals surface area contributed by atoms with E-state index in [0.29, 0.717) is 24.4 Å². The second-order valence-corrected chi connectivity index (χ2v) is 7.00. The molecule has 0 spiro atoms. The van der Waals surface area contributed by atoms with Crippen molar-refractivity contribution in [3.63, 3.8) is 0 Å². The lowest BCUT2D eigenvalue weighted by molar-refractivity contribution is 0.0604. The molecule has 1 N–H and O–H groups in total. The van der Waals surface area contributed by atoms with Gasteiger partial charge < -0.3 is 10.1 Å². The summed E-state index contributed by atoms with van der Waals surface area (Å²) in [6.07, 6.45) is 0.665. The van der Waals surface area contributed by atoms with Gasteiger partial charge in [-0.1, -0.05) is 26.0 Å². The van der Waals surface area contributed by atoms with Gasteiger partial charge in [-0.05, 0) is 44.9 Å². The molecule has 24 heavy (non-hydrogen) atoms. The van der Waals surface area contributed by atoms with Gasteiger partial charge >= 0.3 is 6.09 Å². The van der Waals surface area contributed by atoms with Crippen LogP contribution in [0.3, 0.4) is 0 Å². The molecule has 0 saturated carbocycles. The highest BCUT2D eigenvalue weighted by Gasteiger charge is 2.16. The van der Waals surface area contributed by atoms with Crippen LogP contribution in [0.4, 0.5) is 4.79 Å². The Balaban J connectivity index is 2.83. The molecule has 0 atom stereocenters. The lowest BCUT2D eigenvalue weighted by Crippen LogP contribution is -2.27. The average Bonchev–Trinajstić information content (AvgIpc) is 2.45. The molecule has 0 aromatic heterocycles. The maximum Gasteiger partial charge on any atom is 0.434 e. The van der Waals surface area contributed by atoms with Gasteiger partial charge in [0.25, 0.3) is 0 Å². The Labute approximate surface area is 144 Å². The van der Waals surface area contributed by atoms with E-state index in [0.717, 1.165) is 17.8 Å². The third-order valence-corrected chi connectivity index (χ3v) is 3.10. The van der Waals surface area contributed by atoms with Gasteiger partial charge in [0.15, 0.2) is 0 Å². The predicted molar refractivity (Wildman–Crippen MR) is 96.3 cm³/mol. The third kappa shape index (κ3) is 8.44. The van der Waals surface area contributed by atoms with Crippen molar-refractivity contribution in [2.45, 2.75) is 59.1 Å². The van der Waals surface area contributed by atoms with Crippen LogP contribution < -0.4 is 5.32 Å². The Bertz CT molecular complexity index is 605. The normalized spacial score (nSPS) is 12.1. The lowest BCUT2D eigenvalue weighted by Gasteiger charge is -2.18. The van der Waals surface area contributed by atoms with E-state index in [1.54, 1.807) is 12.1 Å². The summed E-state index contributed by atoms with van der Waals surface area (Å²) in [5.41, 5.74) is 1.84. The number of carbonyl (C=O) groups excluding carboxylic acids is 1. The predicted octanol–water partition coefficient (Wildman–Crippen LogP) is 3.86. The van der Waals surface area contributed by atoms with E-state index in [2.05, 4.69) is 30.2 Å². The Hall–Kier alpha value is -2.19. The van der Waals surface area contributed by atoms with E-state index in [9.17, 15) is 4.79 Å². The molecule has 0 radical (unpaired) electrons. The molecule has 1 amide bonds. The van der Waals surface area contributed by atoms with Gasteiger partial charge in [-0.25, -0.2) is 4.79 Å². The van der Waals surface area contributed by atoms with Gasteiger partial charge in [-0.3, -0.25) is 0 Å². The van der Waals surface area contributed by atoms with Crippen LogP contribution in [0, 0.1) is 11.3 Å². The van der Waals surface area contributed by atoms with E-state index in [1.807, 2.05) is 32.9 Å². The van der Waals surface area contributed by atoms with Crippen LogP contribution in [0.1, 0.15) is 52.2 Å². The molecule has 5 nitrogen and oxygen atoms in total. The number of amides is 1. The SMILES string of the molecule is CC(C)NCCC(Cc1ccc(C#N)cc1)=NC(=O)OC(C)(C)C. The highest BCUT2D eigenvalue weighted by Crippen LogP contribution is 2.10. The molecule has 0 aliphatic rings. The van der Waals surface area contributed by atoms with Gasteiger partial charge in [0.2, 0.25) is 0 Å². The zero-order chi connectivity index (χ0) is 18.2. The molecule has 0 fully saturated rings. The van der Waals surface area contributed by atoms with Crippen molar-refractivity contribution in [1.29, 1.82) is 5.26 Å². The smallest absolute Gasteiger partial charge is 0.434 e. The van der Waals surface area contributed by atoms with Gasteiger partial charge in [0.05, 0.1) is 11.6 Å². The van der Waals surface area contributed by atoms with Crippen molar-refractivity contribution in [1.82, 2.24) is 5.32 Å². The molecule has 0 saturated heterocycles. The van der Waals surface area contributed by atoms with Gasteiger partial charge in [-0.15, -0.1) is 0 Å². The summed E-state index contributed by atoms with van der Waals surface area (Å²) in [6.45, 7) is 10.4. The number of aliphatic imine (C=N–C) groups is 1. The van der Waals surface area contributed by atoms with Crippen LogP contribution in [-0.2, 0) is 11.2 Å². The molecule has 1 aromatic carbocycles. The highest BCUT2D eigenvalue weighted by molar-refractivity contribution is 5.94. The zero-order valence-corrected chi connectivity index (χ0v) is 15.2. The number of hydrogen-bond donors (Lipinski definition) is 1. The minimum absolute atomic E-state index is 0.377. The van der Waals surface area contributed by atoms with Gasteiger partial charge in [0, 0.05) is 24.7 Å². The number of nitrogens with one attached hydrogen (secondary N) is 1. The van der Waals surface area contributed by atoms with Crippen molar-refractivity contribution >= 4 is 11.8 Å². The molecule has 1 aromatic rings. The fourth-order valence-electron chi connectivity index (χ4n) is 2.04. The Morgan fingerprint density at radius 1 is 1.29 bits per heavy atom. The fraction of sp³-hybridized carbons (Fsp3) is 0.526. The number of nitrogens with zero attached hydrogens (tertiary/aromatic N) is 2. The number of ether oxygens (including phenoxy) is 1. The maximum atomic E-state index is 12.0. The molecular weight excluding hydrogens is 302 g/mol. The maximum absolute atomic E-state index is 12.0. The first kappa shape index (κ1) is 19.9. The first-order chi connectivity index (χ1) is 11.2. The van der Waals surface area contributed by atoms with Crippen LogP contribution in [0.5, 0.6) is 0 Å². The number of hydrogen-bond acceptors (Lipinski definition) is 4.